The quantitative estimate of drug-likeness (QED) is 0.920. The number of aromatic nitrogens is 2. The van der Waals surface area contributed by atoms with Crippen molar-refractivity contribution in [3.63, 3.8) is 0 Å². The number of hydrogen-bond acceptors (Lipinski definition) is 5. The molecule has 0 unspecified atom stereocenters. The fourth-order valence-electron chi connectivity index (χ4n) is 4.71. The summed E-state index contributed by atoms with van der Waals surface area (Å²) in [5.74, 6) is 1.37. The molecular formula is C21H29N5. The molecule has 5 heteroatoms. The number of nitrogens with zero attached hydrogens (tertiary/aromatic N) is 4. The van der Waals surface area contributed by atoms with Crippen LogP contribution < -0.4 is 10.6 Å². The zero-order chi connectivity index (χ0) is 18.1. The van der Waals surface area contributed by atoms with E-state index < -0.39 is 0 Å². The van der Waals surface area contributed by atoms with E-state index in [1.807, 2.05) is 6.92 Å². The molecule has 1 aromatic carbocycles. The van der Waals surface area contributed by atoms with E-state index in [4.69, 9.17) is 5.73 Å². The molecule has 0 amide bonds. The van der Waals surface area contributed by atoms with Crippen LogP contribution in [-0.2, 0) is 6.54 Å². The van der Waals surface area contributed by atoms with Gasteiger partial charge in [0.05, 0.1) is 0 Å². The largest absolute Gasteiger partial charge is 0.368 e. The summed E-state index contributed by atoms with van der Waals surface area (Å²) >= 11 is 0. The van der Waals surface area contributed by atoms with E-state index >= 15 is 0 Å². The van der Waals surface area contributed by atoms with Crippen molar-refractivity contribution >= 4 is 11.8 Å². The highest BCUT2D eigenvalue weighted by Crippen LogP contribution is 2.40. The highest BCUT2D eigenvalue weighted by Gasteiger charge is 2.41. The maximum atomic E-state index is 5.86. The topological polar surface area (TPSA) is 58.3 Å². The van der Waals surface area contributed by atoms with Crippen LogP contribution in [0.5, 0.6) is 0 Å². The van der Waals surface area contributed by atoms with Crippen molar-refractivity contribution in [2.45, 2.75) is 39.7 Å². The molecule has 2 aliphatic rings. The van der Waals surface area contributed by atoms with Crippen LogP contribution in [-0.4, -0.2) is 41.0 Å². The minimum absolute atomic E-state index is 0.380. The molecule has 5 nitrogen and oxygen atoms in total. The molecule has 2 aromatic rings. The Kier molecular flexibility index (Phi) is 4.57. The number of likely N-dealkylation sites (tertiary alicyclic amines) is 1. The molecule has 1 spiro atoms. The van der Waals surface area contributed by atoms with Crippen LogP contribution in [0.2, 0.25) is 0 Å². The third-order valence-corrected chi connectivity index (χ3v) is 5.85. The fourth-order valence-corrected chi connectivity index (χ4v) is 4.71. The summed E-state index contributed by atoms with van der Waals surface area (Å²) in [4.78, 5) is 13.7. The van der Waals surface area contributed by atoms with Gasteiger partial charge in [-0.2, -0.15) is 4.98 Å². The number of aryl methyl sites for hydroxylation is 2. The summed E-state index contributed by atoms with van der Waals surface area (Å²) in [5, 5.41) is 0. The number of anilines is 2. The molecule has 0 radical (unpaired) electrons. The van der Waals surface area contributed by atoms with Crippen LogP contribution in [0, 0.1) is 19.3 Å². The van der Waals surface area contributed by atoms with Gasteiger partial charge in [0.1, 0.15) is 5.82 Å². The van der Waals surface area contributed by atoms with E-state index in [-0.39, 0.29) is 0 Å². The Morgan fingerprint density at radius 1 is 1.08 bits per heavy atom. The van der Waals surface area contributed by atoms with Crippen LogP contribution in [0.1, 0.15) is 36.1 Å². The second kappa shape index (κ2) is 6.88. The summed E-state index contributed by atoms with van der Waals surface area (Å²) in [5.41, 5.74) is 9.96. The predicted octanol–water partition coefficient (Wildman–Crippen LogP) is 3.17. The lowest BCUT2D eigenvalue weighted by Gasteiger charge is -2.40. The molecule has 0 saturated carbocycles. The number of hydrogen-bond donors (Lipinski definition) is 1. The van der Waals surface area contributed by atoms with Gasteiger partial charge in [0.2, 0.25) is 5.95 Å². The van der Waals surface area contributed by atoms with Gasteiger partial charge in [-0.05, 0) is 45.2 Å². The van der Waals surface area contributed by atoms with Crippen molar-refractivity contribution in [2.75, 3.05) is 36.8 Å². The van der Waals surface area contributed by atoms with E-state index in [2.05, 4.69) is 57.0 Å². The molecule has 4 rings (SSSR count). The Morgan fingerprint density at radius 3 is 2.77 bits per heavy atom. The standard InChI is InChI=1S/C21H29N5/c1-16-5-3-6-18(11-16)13-25-9-4-7-21(14-25)8-10-26(15-21)19-12-17(2)23-20(22)24-19/h3,5-6,11-12H,4,7-10,13-15H2,1-2H3,(H2,22,23,24)/t21-/m0/s1. The molecule has 2 saturated heterocycles. The molecule has 2 aliphatic heterocycles. The van der Waals surface area contributed by atoms with Crippen LogP contribution in [0.4, 0.5) is 11.8 Å². The summed E-state index contributed by atoms with van der Waals surface area (Å²) in [6.45, 7) is 9.74. The van der Waals surface area contributed by atoms with Crippen molar-refractivity contribution in [1.82, 2.24) is 14.9 Å². The Bertz CT molecular complexity index is 769. The van der Waals surface area contributed by atoms with Gasteiger partial charge in [0, 0.05) is 43.4 Å². The van der Waals surface area contributed by atoms with Crippen molar-refractivity contribution in [1.29, 1.82) is 0 Å². The molecule has 0 bridgehead atoms. The van der Waals surface area contributed by atoms with Crippen molar-refractivity contribution in [3.05, 3.63) is 47.2 Å². The van der Waals surface area contributed by atoms with E-state index in [9.17, 15) is 0 Å². The minimum atomic E-state index is 0.380. The Balaban J connectivity index is 1.45. The lowest BCUT2D eigenvalue weighted by molar-refractivity contribution is 0.0991. The van der Waals surface area contributed by atoms with Gasteiger partial charge in [-0.3, -0.25) is 4.90 Å². The van der Waals surface area contributed by atoms with Crippen LogP contribution in [0.3, 0.4) is 0 Å². The minimum Gasteiger partial charge on any atom is -0.368 e. The monoisotopic (exact) mass is 351 g/mol. The van der Waals surface area contributed by atoms with E-state index in [1.165, 1.54) is 43.5 Å². The predicted molar refractivity (Wildman–Crippen MR) is 106 cm³/mol. The number of rotatable bonds is 3. The van der Waals surface area contributed by atoms with E-state index in [0.717, 1.165) is 31.1 Å². The molecular weight excluding hydrogens is 322 g/mol. The third-order valence-electron chi connectivity index (χ3n) is 5.85. The Morgan fingerprint density at radius 2 is 1.96 bits per heavy atom. The third kappa shape index (κ3) is 3.68. The normalized spacial score (nSPS) is 23.7. The number of nitrogens with two attached hydrogens (primary N) is 1. The first-order valence-corrected chi connectivity index (χ1v) is 9.65. The smallest absolute Gasteiger partial charge is 0.222 e. The maximum Gasteiger partial charge on any atom is 0.222 e. The fraction of sp³-hybridized carbons (Fsp3) is 0.524. The van der Waals surface area contributed by atoms with Crippen molar-refractivity contribution in [3.8, 4) is 0 Å². The van der Waals surface area contributed by atoms with Gasteiger partial charge < -0.3 is 10.6 Å². The lowest BCUT2D eigenvalue weighted by Crippen LogP contribution is -2.44. The Hall–Kier alpha value is -2.14. The second-order valence-corrected chi connectivity index (χ2v) is 8.20. The first-order chi connectivity index (χ1) is 12.5. The summed E-state index contributed by atoms with van der Waals surface area (Å²) in [6, 6.07) is 11.0. The molecule has 138 valence electrons. The van der Waals surface area contributed by atoms with Gasteiger partial charge in [0.25, 0.3) is 0 Å². The van der Waals surface area contributed by atoms with Gasteiger partial charge >= 0.3 is 0 Å². The second-order valence-electron chi connectivity index (χ2n) is 8.20. The van der Waals surface area contributed by atoms with Crippen molar-refractivity contribution in [2.24, 2.45) is 5.41 Å². The average Bonchev–Trinajstić information content (AvgIpc) is 2.97. The number of nitrogen functional groups attached to an aromatic ring is 1. The number of benzene rings is 1. The molecule has 1 aromatic heterocycles. The van der Waals surface area contributed by atoms with E-state index in [1.54, 1.807) is 0 Å². The summed E-state index contributed by atoms with van der Waals surface area (Å²) in [7, 11) is 0. The first kappa shape index (κ1) is 17.3. The van der Waals surface area contributed by atoms with Crippen molar-refractivity contribution < 1.29 is 0 Å². The molecule has 26 heavy (non-hydrogen) atoms. The van der Waals surface area contributed by atoms with Crippen LogP contribution >= 0.6 is 0 Å². The van der Waals surface area contributed by atoms with Crippen LogP contribution in [0.25, 0.3) is 0 Å². The molecule has 0 aliphatic carbocycles. The van der Waals surface area contributed by atoms with Gasteiger partial charge in [0.15, 0.2) is 0 Å². The highest BCUT2D eigenvalue weighted by molar-refractivity contribution is 5.45. The van der Waals surface area contributed by atoms with E-state index in [0.29, 0.717) is 11.4 Å². The van der Waals surface area contributed by atoms with Gasteiger partial charge in [-0.25, -0.2) is 4.98 Å². The molecule has 2 fully saturated rings. The molecule has 3 heterocycles. The number of piperidine rings is 1. The zero-order valence-electron chi connectivity index (χ0n) is 15.9. The van der Waals surface area contributed by atoms with Crippen LogP contribution in [0.15, 0.2) is 30.3 Å². The SMILES string of the molecule is Cc1cccc(CN2CCC[C@]3(CCN(c4cc(C)nc(N)n4)C3)C2)c1. The molecule has 1 atom stereocenters. The Labute approximate surface area is 156 Å². The van der Waals surface area contributed by atoms with Gasteiger partial charge in [-0.15, -0.1) is 0 Å². The summed E-state index contributed by atoms with van der Waals surface area (Å²) in [6.07, 6.45) is 3.83. The average molecular weight is 351 g/mol. The summed E-state index contributed by atoms with van der Waals surface area (Å²) < 4.78 is 0. The highest BCUT2D eigenvalue weighted by atomic mass is 15.3. The lowest BCUT2D eigenvalue weighted by atomic mass is 9.79. The van der Waals surface area contributed by atoms with Gasteiger partial charge in [-0.1, -0.05) is 29.8 Å². The first-order valence-electron chi connectivity index (χ1n) is 9.65. The maximum absolute atomic E-state index is 5.86. The molecule has 2 N–H and O–H groups in total. The zero-order valence-corrected chi connectivity index (χ0v) is 15.9.